The van der Waals surface area contributed by atoms with Crippen LogP contribution in [0.1, 0.15) is 37.1 Å². The van der Waals surface area contributed by atoms with Gasteiger partial charge in [0.25, 0.3) is 5.69 Å². The highest BCUT2D eigenvalue weighted by Gasteiger charge is 2.43. The van der Waals surface area contributed by atoms with E-state index in [2.05, 4.69) is 5.32 Å². The average Bonchev–Trinajstić information content (AvgIpc) is 2.58. The van der Waals surface area contributed by atoms with Gasteiger partial charge in [0, 0.05) is 28.8 Å². The van der Waals surface area contributed by atoms with Crippen LogP contribution in [-0.2, 0) is 0 Å². The number of nitro groups is 1. The zero-order valence-corrected chi connectivity index (χ0v) is 13.8. The lowest BCUT2D eigenvalue weighted by atomic mass is 9.70. The molecule has 6 nitrogen and oxygen atoms in total. The van der Waals surface area contributed by atoms with Crippen molar-refractivity contribution in [3.05, 3.63) is 63.7 Å². The number of aliphatic hydroxyl groups excluding tert-OH is 1. The predicted molar refractivity (Wildman–Crippen MR) is 91.2 cm³/mol. The molecule has 1 heterocycles. The van der Waals surface area contributed by atoms with E-state index in [4.69, 9.17) is 4.74 Å². The zero-order chi connectivity index (χ0) is 17.5. The van der Waals surface area contributed by atoms with Crippen molar-refractivity contribution >= 4 is 11.4 Å². The molecule has 2 aromatic carbocycles. The summed E-state index contributed by atoms with van der Waals surface area (Å²) in [6.45, 7) is 3.94. The second-order valence-electron chi connectivity index (χ2n) is 6.60. The van der Waals surface area contributed by atoms with Crippen molar-refractivity contribution in [2.75, 3.05) is 12.4 Å². The first-order valence-corrected chi connectivity index (χ1v) is 7.71. The van der Waals surface area contributed by atoms with Gasteiger partial charge in [0.15, 0.2) is 0 Å². The molecule has 0 amide bonds. The standard InChI is InChI=1S/C18H20N2O4/c1-18(2)16(11-4-6-12(7-5-11)20(22)23)19-15-9-8-13(24-3)10-14(15)17(18)21/h4-10,16-17,19,21H,1-3H3. The van der Waals surface area contributed by atoms with Crippen molar-refractivity contribution in [2.24, 2.45) is 5.41 Å². The van der Waals surface area contributed by atoms with E-state index in [0.29, 0.717) is 5.75 Å². The average molecular weight is 328 g/mol. The molecular formula is C18H20N2O4. The van der Waals surface area contributed by atoms with Gasteiger partial charge in [-0.15, -0.1) is 0 Å². The third kappa shape index (κ3) is 2.59. The van der Waals surface area contributed by atoms with Gasteiger partial charge in [0.1, 0.15) is 5.75 Å². The number of benzene rings is 2. The highest BCUT2D eigenvalue weighted by molar-refractivity contribution is 5.60. The van der Waals surface area contributed by atoms with Gasteiger partial charge >= 0.3 is 0 Å². The van der Waals surface area contributed by atoms with E-state index in [1.807, 2.05) is 32.0 Å². The number of nitrogens with one attached hydrogen (secondary N) is 1. The lowest BCUT2D eigenvalue weighted by Gasteiger charge is -2.44. The van der Waals surface area contributed by atoms with Crippen molar-refractivity contribution in [1.82, 2.24) is 0 Å². The van der Waals surface area contributed by atoms with Crippen LogP contribution in [0.3, 0.4) is 0 Å². The summed E-state index contributed by atoms with van der Waals surface area (Å²) in [4.78, 5) is 10.4. The molecule has 24 heavy (non-hydrogen) atoms. The van der Waals surface area contributed by atoms with E-state index in [1.165, 1.54) is 12.1 Å². The van der Waals surface area contributed by atoms with Crippen molar-refractivity contribution in [3.8, 4) is 5.75 Å². The Morgan fingerprint density at radius 1 is 1.21 bits per heavy atom. The van der Waals surface area contributed by atoms with Crippen LogP contribution >= 0.6 is 0 Å². The Bertz CT molecular complexity index is 771. The Morgan fingerprint density at radius 3 is 2.46 bits per heavy atom. The first kappa shape index (κ1) is 16.3. The van der Waals surface area contributed by atoms with Crippen molar-refractivity contribution in [3.63, 3.8) is 0 Å². The van der Waals surface area contributed by atoms with Gasteiger partial charge in [0.2, 0.25) is 0 Å². The van der Waals surface area contributed by atoms with E-state index in [0.717, 1.165) is 16.8 Å². The molecule has 0 aliphatic carbocycles. The maximum absolute atomic E-state index is 10.9. The van der Waals surface area contributed by atoms with E-state index in [9.17, 15) is 15.2 Å². The van der Waals surface area contributed by atoms with Crippen LogP contribution in [0.5, 0.6) is 5.75 Å². The molecule has 1 aliphatic heterocycles. The highest BCUT2D eigenvalue weighted by atomic mass is 16.6. The molecular weight excluding hydrogens is 308 g/mol. The van der Waals surface area contributed by atoms with Crippen LogP contribution < -0.4 is 10.1 Å². The normalized spacial score (nSPS) is 21.5. The first-order chi connectivity index (χ1) is 11.3. The maximum atomic E-state index is 10.9. The summed E-state index contributed by atoms with van der Waals surface area (Å²) >= 11 is 0. The minimum absolute atomic E-state index is 0.0538. The number of nitrogens with zero attached hydrogens (tertiary/aromatic N) is 1. The monoisotopic (exact) mass is 328 g/mol. The Balaban J connectivity index is 2.01. The van der Waals surface area contributed by atoms with E-state index in [-0.39, 0.29) is 11.7 Å². The Labute approximate surface area is 140 Å². The molecule has 2 aromatic rings. The lowest BCUT2D eigenvalue weighted by Crippen LogP contribution is -2.38. The minimum Gasteiger partial charge on any atom is -0.497 e. The summed E-state index contributed by atoms with van der Waals surface area (Å²) < 4.78 is 5.24. The van der Waals surface area contributed by atoms with Gasteiger partial charge in [-0.25, -0.2) is 0 Å². The molecule has 2 atom stereocenters. The highest BCUT2D eigenvalue weighted by Crippen LogP contribution is 2.51. The lowest BCUT2D eigenvalue weighted by molar-refractivity contribution is -0.384. The topological polar surface area (TPSA) is 84.6 Å². The van der Waals surface area contributed by atoms with Gasteiger partial charge in [-0.3, -0.25) is 10.1 Å². The first-order valence-electron chi connectivity index (χ1n) is 7.71. The number of rotatable bonds is 3. The molecule has 1 aliphatic rings. The molecule has 0 saturated heterocycles. The summed E-state index contributed by atoms with van der Waals surface area (Å²) in [5, 5.41) is 25.2. The van der Waals surface area contributed by atoms with Gasteiger partial charge in [0.05, 0.1) is 24.2 Å². The van der Waals surface area contributed by atoms with Crippen molar-refractivity contribution in [2.45, 2.75) is 26.0 Å². The molecule has 0 fully saturated rings. The van der Waals surface area contributed by atoms with Crippen LogP contribution in [0.25, 0.3) is 0 Å². The minimum atomic E-state index is -0.691. The number of fused-ring (bicyclic) bond motifs is 1. The fraction of sp³-hybridized carbons (Fsp3) is 0.333. The molecule has 2 unspecified atom stereocenters. The van der Waals surface area contributed by atoms with E-state index >= 15 is 0 Å². The predicted octanol–water partition coefficient (Wildman–Crippen LogP) is 3.83. The second kappa shape index (κ2) is 5.79. The van der Waals surface area contributed by atoms with Crippen molar-refractivity contribution < 1.29 is 14.8 Å². The van der Waals surface area contributed by atoms with Gasteiger partial charge in [-0.05, 0) is 23.8 Å². The molecule has 126 valence electrons. The Hall–Kier alpha value is -2.60. The molecule has 3 rings (SSSR count). The van der Waals surface area contributed by atoms with Crippen LogP contribution in [0.2, 0.25) is 0 Å². The zero-order valence-electron chi connectivity index (χ0n) is 13.8. The molecule has 0 radical (unpaired) electrons. The second-order valence-corrected chi connectivity index (χ2v) is 6.60. The van der Waals surface area contributed by atoms with E-state index < -0.39 is 16.4 Å². The van der Waals surface area contributed by atoms with Crippen LogP contribution in [0, 0.1) is 15.5 Å². The largest absolute Gasteiger partial charge is 0.497 e. The molecule has 2 N–H and O–H groups in total. The quantitative estimate of drug-likeness (QED) is 0.661. The number of nitro benzene ring substituents is 1. The number of anilines is 1. The van der Waals surface area contributed by atoms with Crippen LogP contribution in [0.15, 0.2) is 42.5 Å². The SMILES string of the molecule is COc1ccc2c(c1)C(O)C(C)(C)C(c1ccc([N+](=O)[O-])cc1)N2. The summed E-state index contributed by atoms with van der Waals surface area (Å²) in [5.41, 5.74) is 2.07. The number of hydrogen-bond donors (Lipinski definition) is 2. The number of methoxy groups -OCH3 is 1. The van der Waals surface area contributed by atoms with Crippen LogP contribution in [0.4, 0.5) is 11.4 Å². The van der Waals surface area contributed by atoms with Crippen molar-refractivity contribution in [1.29, 1.82) is 0 Å². The molecule has 0 bridgehead atoms. The fourth-order valence-electron chi connectivity index (χ4n) is 3.23. The summed E-state index contributed by atoms with van der Waals surface area (Å²) in [6.07, 6.45) is -0.691. The number of non-ortho nitro benzene ring substituents is 1. The van der Waals surface area contributed by atoms with Gasteiger partial charge < -0.3 is 15.2 Å². The summed E-state index contributed by atoms with van der Waals surface area (Å²) in [7, 11) is 1.59. The number of aliphatic hydroxyl groups is 1. The van der Waals surface area contributed by atoms with Gasteiger partial charge in [-0.2, -0.15) is 0 Å². The maximum Gasteiger partial charge on any atom is 0.269 e. The molecule has 6 heteroatoms. The molecule has 0 spiro atoms. The Kier molecular flexibility index (Phi) is 3.93. The third-order valence-corrected chi connectivity index (χ3v) is 4.74. The summed E-state index contributed by atoms with van der Waals surface area (Å²) in [6, 6.07) is 11.8. The smallest absolute Gasteiger partial charge is 0.269 e. The van der Waals surface area contributed by atoms with Gasteiger partial charge in [-0.1, -0.05) is 26.0 Å². The third-order valence-electron chi connectivity index (χ3n) is 4.74. The summed E-state index contributed by atoms with van der Waals surface area (Å²) in [5.74, 6) is 0.694. The van der Waals surface area contributed by atoms with Crippen LogP contribution in [-0.4, -0.2) is 17.1 Å². The Morgan fingerprint density at radius 2 is 1.88 bits per heavy atom. The molecule has 0 saturated carbocycles. The number of ether oxygens (including phenoxy) is 1. The van der Waals surface area contributed by atoms with E-state index in [1.54, 1.807) is 19.2 Å². The number of hydrogen-bond acceptors (Lipinski definition) is 5. The molecule has 0 aromatic heterocycles. The fourth-order valence-corrected chi connectivity index (χ4v) is 3.23.